The first-order valence-electron chi connectivity index (χ1n) is 10.8. The molecular weight excluding hydrogens is 422 g/mol. The Morgan fingerprint density at radius 3 is 2.22 bits per heavy atom. The van der Waals surface area contributed by atoms with Gasteiger partial charge in [0.1, 0.15) is 6.61 Å². The highest BCUT2D eigenvalue weighted by Crippen LogP contribution is 2.31. The standard InChI is InChI=1S/C26H31NO4S/c1-5-21(3)27(32(28,29)24-14-11-20(2)12-15-24)18-23-13-16-25(30-4)26(17-23)31-19-22-9-7-6-8-10-22/h6-17,21H,5,18-19H2,1-4H3. The van der Waals surface area contributed by atoms with E-state index >= 15 is 0 Å². The van der Waals surface area contributed by atoms with Gasteiger partial charge in [-0.05, 0) is 55.7 Å². The van der Waals surface area contributed by atoms with Crippen molar-refractivity contribution in [1.82, 2.24) is 4.31 Å². The van der Waals surface area contributed by atoms with E-state index < -0.39 is 10.0 Å². The highest BCUT2D eigenvalue weighted by Gasteiger charge is 2.28. The number of sulfonamides is 1. The van der Waals surface area contributed by atoms with Gasteiger partial charge in [0, 0.05) is 12.6 Å². The minimum Gasteiger partial charge on any atom is -0.493 e. The van der Waals surface area contributed by atoms with E-state index in [9.17, 15) is 8.42 Å². The Hall–Kier alpha value is -2.83. The van der Waals surface area contributed by atoms with Crippen LogP contribution in [-0.2, 0) is 23.2 Å². The Morgan fingerprint density at radius 2 is 1.59 bits per heavy atom. The molecule has 3 aromatic carbocycles. The maximum atomic E-state index is 13.4. The van der Waals surface area contributed by atoms with Crippen molar-refractivity contribution in [3.8, 4) is 11.5 Å². The Bertz CT molecular complexity index is 1110. The van der Waals surface area contributed by atoms with Crippen molar-refractivity contribution in [2.45, 2.75) is 51.3 Å². The zero-order valence-corrected chi connectivity index (χ0v) is 19.9. The maximum absolute atomic E-state index is 13.4. The topological polar surface area (TPSA) is 55.8 Å². The lowest BCUT2D eigenvalue weighted by Crippen LogP contribution is -2.37. The van der Waals surface area contributed by atoms with Crippen LogP contribution < -0.4 is 9.47 Å². The van der Waals surface area contributed by atoms with E-state index in [1.807, 2.05) is 81.4 Å². The van der Waals surface area contributed by atoms with Crippen molar-refractivity contribution in [3.05, 3.63) is 89.5 Å². The Balaban J connectivity index is 1.88. The molecule has 5 nitrogen and oxygen atoms in total. The SMILES string of the molecule is CCC(C)N(Cc1ccc(OC)c(OCc2ccccc2)c1)S(=O)(=O)c1ccc(C)cc1. The molecule has 32 heavy (non-hydrogen) atoms. The third-order valence-electron chi connectivity index (χ3n) is 5.51. The van der Waals surface area contributed by atoms with Gasteiger partial charge in [-0.3, -0.25) is 0 Å². The van der Waals surface area contributed by atoms with Gasteiger partial charge in [0.05, 0.1) is 12.0 Å². The lowest BCUT2D eigenvalue weighted by atomic mass is 10.1. The molecule has 3 rings (SSSR count). The summed E-state index contributed by atoms with van der Waals surface area (Å²) in [5, 5.41) is 0. The van der Waals surface area contributed by atoms with Crippen LogP contribution in [-0.4, -0.2) is 25.9 Å². The molecule has 0 N–H and O–H groups in total. The highest BCUT2D eigenvalue weighted by molar-refractivity contribution is 7.89. The number of aryl methyl sites for hydroxylation is 1. The van der Waals surface area contributed by atoms with Crippen molar-refractivity contribution in [1.29, 1.82) is 0 Å². The summed E-state index contributed by atoms with van der Waals surface area (Å²) in [6.45, 7) is 6.51. The second-order valence-electron chi connectivity index (χ2n) is 7.88. The van der Waals surface area contributed by atoms with Gasteiger partial charge >= 0.3 is 0 Å². The molecule has 1 atom stereocenters. The molecule has 0 spiro atoms. The first-order valence-corrected chi connectivity index (χ1v) is 12.2. The van der Waals surface area contributed by atoms with Gasteiger partial charge in [-0.25, -0.2) is 8.42 Å². The highest BCUT2D eigenvalue weighted by atomic mass is 32.2. The second kappa shape index (κ2) is 10.7. The number of benzene rings is 3. The summed E-state index contributed by atoms with van der Waals surface area (Å²) in [5.41, 5.74) is 2.90. The van der Waals surface area contributed by atoms with E-state index in [-0.39, 0.29) is 12.6 Å². The first kappa shape index (κ1) is 23.8. The molecule has 0 aliphatic rings. The fourth-order valence-corrected chi connectivity index (χ4v) is 5.07. The molecule has 0 amide bonds. The Kier molecular flexibility index (Phi) is 7.94. The monoisotopic (exact) mass is 453 g/mol. The summed E-state index contributed by atoms with van der Waals surface area (Å²) in [7, 11) is -2.05. The zero-order valence-electron chi connectivity index (χ0n) is 19.1. The molecule has 0 saturated carbocycles. The van der Waals surface area contributed by atoms with E-state index in [4.69, 9.17) is 9.47 Å². The minimum absolute atomic E-state index is 0.155. The smallest absolute Gasteiger partial charge is 0.243 e. The molecular formula is C26H31NO4S. The summed E-state index contributed by atoms with van der Waals surface area (Å²) < 4.78 is 39.9. The van der Waals surface area contributed by atoms with E-state index in [1.165, 1.54) is 0 Å². The van der Waals surface area contributed by atoms with Crippen molar-refractivity contribution in [3.63, 3.8) is 0 Å². The fraction of sp³-hybridized carbons (Fsp3) is 0.308. The van der Waals surface area contributed by atoms with Crippen LogP contribution in [0.2, 0.25) is 0 Å². The third-order valence-corrected chi connectivity index (χ3v) is 7.49. The van der Waals surface area contributed by atoms with Crippen LogP contribution in [0.3, 0.4) is 0 Å². The molecule has 0 fully saturated rings. The molecule has 170 valence electrons. The second-order valence-corrected chi connectivity index (χ2v) is 9.77. The van der Waals surface area contributed by atoms with Crippen molar-refractivity contribution < 1.29 is 17.9 Å². The first-order chi connectivity index (χ1) is 15.3. The molecule has 6 heteroatoms. The van der Waals surface area contributed by atoms with Gasteiger partial charge < -0.3 is 9.47 Å². The van der Waals surface area contributed by atoms with E-state index in [1.54, 1.807) is 23.5 Å². The maximum Gasteiger partial charge on any atom is 0.243 e. The fourth-order valence-electron chi connectivity index (χ4n) is 3.37. The number of methoxy groups -OCH3 is 1. The number of ether oxygens (including phenoxy) is 2. The largest absolute Gasteiger partial charge is 0.493 e. The van der Waals surface area contributed by atoms with Gasteiger partial charge in [-0.15, -0.1) is 0 Å². The normalized spacial score (nSPS) is 12.5. The summed E-state index contributed by atoms with van der Waals surface area (Å²) in [4.78, 5) is 0.303. The predicted molar refractivity (Wildman–Crippen MR) is 127 cm³/mol. The molecule has 0 aromatic heterocycles. The molecule has 0 heterocycles. The molecule has 0 saturated heterocycles. The van der Waals surface area contributed by atoms with Crippen LogP contribution >= 0.6 is 0 Å². The van der Waals surface area contributed by atoms with Crippen LogP contribution in [0.15, 0.2) is 77.7 Å². The van der Waals surface area contributed by atoms with Gasteiger partial charge in [0.25, 0.3) is 0 Å². The molecule has 0 aliphatic carbocycles. The van der Waals surface area contributed by atoms with Crippen LogP contribution in [0.1, 0.15) is 37.0 Å². The molecule has 0 radical (unpaired) electrons. The van der Waals surface area contributed by atoms with Crippen LogP contribution in [0.4, 0.5) is 0 Å². The lowest BCUT2D eigenvalue weighted by molar-refractivity contribution is 0.282. The molecule has 1 unspecified atom stereocenters. The lowest BCUT2D eigenvalue weighted by Gasteiger charge is -2.28. The molecule has 0 aliphatic heterocycles. The Labute approximate surface area is 191 Å². The zero-order chi connectivity index (χ0) is 23.1. The molecule has 3 aromatic rings. The van der Waals surface area contributed by atoms with Crippen molar-refractivity contribution in [2.75, 3.05) is 7.11 Å². The van der Waals surface area contributed by atoms with E-state index in [2.05, 4.69) is 0 Å². The number of hydrogen-bond donors (Lipinski definition) is 0. The van der Waals surface area contributed by atoms with Crippen LogP contribution in [0.5, 0.6) is 11.5 Å². The van der Waals surface area contributed by atoms with Gasteiger partial charge in [-0.2, -0.15) is 4.31 Å². The van der Waals surface area contributed by atoms with E-state index in [0.29, 0.717) is 29.4 Å². The van der Waals surface area contributed by atoms with Crippen LogP contribution in [0, 0.1) is 6.92 Å². The molecule has 0 bridgehead atoms. The quantitative estimate of drug-likeness (QED) is 0.403. The minimum atomic E-state index is -3.65. The van der Waals surface area contributed by atoms with Crippen molar-refractivity contribution in [2.24, 2.45) is 0 Å². The third kappa shape index (κ3) is 5.69. The Morgan fingerprint density at radius 1 is 0.906 bits per heavy atom. The average molecular weight is 454 g/mol. The number of rotatable bonds is 10. The summed E-state index contributed by atoms with van der Waals surface area (Å²) in [5.74, 6) is 1.20. The van der Waals surface area contributed by atoms with Crippen LogP contribution in [0.25, 0.3) is 0 Å². The van der Waals surface area contributed by atoms with Gasteiger partial charge in [0.15, 0.2) is 11.5 Å². The number of hydrogen-bond acceptors (Lipinski definition) is 4. The summed E-state index contributed by atoms with van der Waals surface area (Å²) >= 11 is 0. The van der Waals surface area contributed by atoms with Crippen molar-refractivity contribution >= 4 is 10.0 Å². The van der Waals surface area contributed by atoms with Gasteiger partial charge in [-0.1, -0.05) is 61.0 Å². The summed E-state index contributed by atoms with van der Waals surface area (Å²) in [6, 6.07) is 22.3. The summed E-state index contributed by atoms with van der Waals surface area (Å²) in [6.07, 6.45) is 0.707. The van der Waals surface area contributed by atoms with E-state index in [0.717, 1.165) is 16.7 Å². The predicted octanol–water partition coefficient (Wildman–Crippen LogP) is 5.57. The number of nitrogens with zero attached hydrogens (tertiary/aromatic N) is 1. The van der Waals surface area contributed by atoms with Gasteiger partial charge in [0.2, 0.25) is 10.0 Å². The average Bonchev–Trinajstić information content (AvgIpc) is 2.81.